The van der Waals surface area contributed by atoms with Crippen molar-refractivity contribution in [1.82, 2.24) is 9.80 Å². The molecule has 8 nitrogen and oxygen atoms in total. The van der Waals surface area contributed by atoms with Crippen LogP contribution in [0.25, 0.3) is 0 Å². The number of aliphatic hydroxyl groups excluding tert-OH is 2. The quantitative estimate of drug-likeness (QED) is 0.482. The van der Waals surface area contributed by atoms with E-state index in [1.54, 1.807) is 0 Å². The molecule has 4 aliphatic rings. The Balaban J connectivity index is 0.000000155. The molecule has 208 valence electrons. The minimum atomic E-state index is -0.153. The van der Waals surface area contributed by atoms with Crippen molar-refractivity contribution < 1.29 is 29.2 Å². The number of likely N-dealkylation sites (tertiary alicyclic amines) is 2. The second-order valence-electron chi connectivity index (χ2n) is 10.3. The molecule has 0 radical (unpaired) electrons. The summed E-state index contributed by atoms with van der Waals surface area (Å²) in [5, 5.41) is 19.0. The predicted molar refractivity (Wildman–Crippen MR) is 151 cm³/mol. The van der Waals surface area contributed by atoms with Gasteiger partial charge in [-0.2, -0.15) is 0 Å². The van der Waals surface area contributed by atoms with Gasteiger partial charge in [0.1, 0.15) is 25.4 Å². The molecule has 2 aromatic rings. The first kappa shape index (κ1) is 28.0. The van der Waals surface area contributed by atoms with Gasteiger partial charge in [-0.05, 0) is 49.2 Å². The Morgan fingerprint density at radius 1 is 0.684 bits per heavy atom. The molecular weight excluding hydrogens is 620 g/mol. The second-order valence-corrected chi connectivity index (χ2v) is 12.2. The summed E-state index contributed by atoms with van der Waals surface area (Å²) in [5.41, 5.74) is 0. The van der Waals surface area contributed by atoms with E-state index in [1.807, 2.05) is 36.4 Å². The van der Waals surface area contributed by atoms with Crippen LogP contribution in [-0.4, -0.2) is 96.9 Å². The average Bonchev–Trinajstić information content (AvgIpc) is 3.53. The molecule has 2 saturated heterocycles. The number of aliphatic hydroxyl groups is 2. The molecule has 0 aliphatic carbocycles. The highest BCUT2D eigenvalue weighted by atomic mass is 79.9. The predicted octanol–water partition coefficient (Wildman–Crippen LogP) is 4.09. The first-order valence-electron chi connectivity index (χ1n) is 13.4. The number of halogens is 2. The van der Waals surface area contributed by atoms with E-state index in [-0.39, 0.29) is 24.4 Å². The molecule has 0 aromatic heterocycles. The topological polar surface area (TPSA) is 83.9 Å². The van der Waals surface area contributed by atoms with Crippen LogP contribution in [0, 0.1) is 0 Å². The molecule has 4 heterocycles. The van der Waals surface area contributed by atoms with Crippen LogP contribution in [0.2, 0.25) is 0 Å². The van der Waals surface area contributed by atoms with Crippen LogP contribution in [-0.2, 0) is 0 Å². The Hall–Kier alpha value is -1.56. The molecule has 38 heavy (non-hydrogen) atoms. The molecule has 2 fully saturated rings. The van der Waals surface area contributed by atoms with Gasteiger partial charge in [-0.1, -0.05) is 31.9 Å². The van der Waals surface area contributed by atoms with Crippen LogP contribution in [0.3, 0.4) is 0 Å². The van der Waals surface area contributed by atoms with Crippen molar-refractivity contribution in [2.45, 2.75) is 50.1 Å². The number of fused-ring (bicyclic) bond motifs is 2. The number of ether oxygens (including phenoxy) is 4. The molecule has 2 aromatic carbocycles. The number of benzene rings is 2. The fourth-order valence-corrected chi connectivity index (χ4v) is 5.83. The molecule has 4 atom stereocenters. The normalized spacial score (nSPS) is 26.6. The van der Waals surface area contributed by atoms with Gasteiger partial charge in [0, 0.05) is 61.1 Å². The lowest BCUT2D eigenvalue weighted by Gasteiger charge is -2.28. The minimum Gasteiger partial charge on any atom is -0.486 e. The van der Waals surface area contributed by atoms with Crippen molar-refractivity contribution in [3.05, 3.63) is 45.3 Å². The Labute approximate surface area is 241 Å². The van der Waals surface area contributed by atoms with Gasteiger partial charge in [0.2, 0.25) is 0 Å². The number of hydrogen-bond acceptors (Lipinski definition) is 8. The zero-order chi connectivity index (χ0) is 26.5. The maximum atomic E-state index is 9.49. The van der Waals surface area contributed by atoms with E-state index in [9.17, 15) is 10.2 Å². The Kier molecular flexibility index (Phi) is 9.72. The van der Waals surface area contributed by atoms with E-state index in [4.69, 9.17) is 18.9 Å². The van der Waals surface area contributed by atoms with Gasteiger partial charge in [-0.25, -0.2) is 0 Å². The summed E-state index contributed by atoms with van der Waals surface area (Å²) in [6.07, 6.45) is 3.52. The molecule has 10 heteroatoms. The molecule has 0 spiro atoms. The summed E-state index contributed by atoms with van der Waals surface area (Å²) in [4.78, 5) is 4.56. The van der Waals surface area contributed by atoms with Gasteiger partial charge in [-0.15, -0.1) is 0 Å². The van der Waals surface area contributed by atoms with Crippen LogP contribution < -0.4 is 18.9 Å². The first-order chi connectivity index (χ1) is 18.4. The molecule has 6 rings (SSSR count). The van der Waals surface area contributed by atoms with Gasteiger partial charge in [-0.3, -0.25) is 0 Å². The third-order valence-electron chi connectivity index (χ3n) is 7.28. The Morgan fingerprint density at radius 3 is 1.53 bits per heavy atom. The van der Waals surface area contributed by atoms with E-state index >= 15 is 0 Å². The maximum Gasteiger partial charge on any atom is 0.162 e. The molecule has 2 unspecified atom stereocenters. The second kappa shape index (κ2) is 13.2. The molecule has 0 bridgehead atoms. The van der Waals surface area contributed by atoms with Gasteiger partial charge in [0.15, 0.2) is 23.0 Å². The molecule has 2 N–H and O–H groups in total. The van der Waals surface area contributed by atoms with Crippen LogP contribution in [0.15, 0.2) is 45.3 Å². The fraction of sp³-hybridized carbons (Fsp3) is 0.571. The molecule has 0 saturated carbocycles. The molecule has 4 aliphatic heterocycles. The highest BCUT2D eigenvalue weighted by molar-refractivity contribution is 9.10. The third-order valence-corrected chi connectivity index (χ3v) is 8.26. The first-order valence-corrected chi connectivity index (χ1v) is 15.0. The lowest BCUT2D eigenvalue weighted by molar-refractivity contribution is 0.0756. The van der Waals surface area contributed by atoms with Gasteiger partial charge in [0.05, 0.1) is 12.2 Å². The SMILES string of the molecule is O[C@@H]1CCN(CCC2COc3ccc(Br)cc3O2)C1.O[C@@H]1CCN(CCC2COc3ccc(Br)cc3O2)C1. The Bertz CT molecular complexity index is 992. The van der Waals surface area contributed by atoms with Gasteiger partial charge in [0.25, 0.3) is 0 Å². The maximum absolute atomic E-state index is 9.49. The lowest BCUT2D eigenvalue weighted by atomic mass is 10.2. The zero-order valence-electron chi connectivity index (χ0n) is 21.4. The fourth-order valence-electron chi connectivity index (χ4n) is 5.15. The van der Waals surface area contributed by atoms with Crippen molar-refractivity contribution >= 4 is 31.9 Å². The van der Waals surface area contributed by atoms with Crippen molar-refractivity contribution in [3.63, 3.8) is 0 Å². The number of hydrogen-bond donors (Lipinski definition) is 2. The minimum absolute atomic E-state index is 0.0968. The van der Waals surface area contributed by atoms with Gasteiger partial charge >= 0.3 is 0 Å². The van der Waals surface area contributed by atoms with Crippen molar-refractivity contribution in [1.29, 1.82) is 0 Å². The third kappa shape index (κ3) is 7.76. The van der Waals surface area contributed by atoms with E-state index < -0.39 is 0 Å². The highest BCUT2D eigenvalue weighted by Crippen LogP contribution is 2.36. The largest absolute Gasteiger partial charge is 0.486 e. The molecule has 0 amide bonds. The van der Waals surface area contributed by atoms with Gasteiger partial charge < -0.3 is 39.0 Å². The zero-order valence-corrected chi connectivity index (χ0v) is 24.6. The highest BCUT2D eigenvalue weighted by Gasteiger charge is 2.26. The van der Waals surface area contributed by atoms with Crippen LogP contribution in [0.5, 0.6) is 23.0 Å². The standard InChI is InChI=1S/2C14H18BrNO3/c2*15-10-1-2-13-14(7-10)19-12(9-18-13)4-6-16-5-3-11(17)8-16/h2*1-2,7,11-12,17H,3-6,8-9H2/t2*11-,12?/m11/s1. The van der Waals surface area contributed by atoms with E-state index in [0.29, 0.717) is 13.2 Å². The summed E-state index contributed by atoms with van der Waals surface area (Å²) >= 11 is 6.88. The Morgan fingerprint density at radius 2 is 1.13 bits per heavy atom. The lowest BCUT2D eigenvalue weighted by Crippen LogP contribution is -2.34. The van der Waals surface area contributed by atoms with Crippen molar-refractivity contribution in [2.24, 2.45) is 0 Å². The number of rotatable bonds is 6. The smallest absolute Gasteiger partial charge is 0.162 e. The summed E-state index contributed by atoms with van der Waals surface area (Å²) in [6.45, 7) is 6.65. The summed E-state index contributed by atoms with van der Waals surface area (Å²) in [6, 6.07) is 11.6. The number of β-amino-alcohol motifs (C(OH)–C–C–N with tert-alkyl or cyclic N) is 2. The molecular formula is C28H36Br2N2O6. The van der Waals surface area contributed by atoms with Crippen LogP contribution in [0.1, 0.15) is 25.7 Å². The van der Waals surface area contributed by atoms with E-state index in [0.717, 1.165) is 96.9 Å². The summed E-state index contributed by atoms with van der Waals surface area (Å²) in [5.74, 6) is 3.26. The number of nitrogens with zero attached hydrogens (tertiary/aromatic N) is 2. The van der Waals surface area contributed by atoms with Crippen molar-refractivity contribution in [2.75, 3.05) is 52.5 Å². The average molecular weight is 656 g/mol. The van der Waals surface area contributed by atoms with Crippen molar-refractivity contribution in [3.8, 4) is 23.0 Å². The summed E-state index contributed by atoms with van der Waals surface area (Å²) < 4.78 is 25.3. The monoisotopic (exact) mass is 654 g/mol. The van der Waals surface area contributed by atoms with Crippen LogP contribution >= 0.6 is 31.9 Å². The van der Waals surface area contributed by atoms with Crippen LogP contribution in [0.4, 0.5) is 0 Å². The summed E-state index contributed by atoms with van der Waals surface area (Å²) in [7, 11) is 0. The van der Waals surface area contributed by atoms with E-state index in [2.05, 4.69) is 41.7 Å². The van der Waals surface area contributed by atoms with E-state index in [1.165, 1.54) is 0 Å².